The number of amidine groups is 1. The minimum atomic E-state index is 0.0231. The first-order chi connectivity index (χ1) is 9.26. The van der Waals surface area contributed by atoms with Crippen molar-refractivity contribution in [3.63, 3.8) is 0 Å². The van der Waals surface area contributed by atoms with Gasteiger partial charge in [0.1, 0.15) is 11.6 Å². The van der Waals surface area contributed by atoms with Gasteiger partial charge in [-0.25, -0.2) is 0 Å². The number of rotatable bonds is 2. The molecule has 1 saturated carbocycles. The van der Waals surface area contributed by atoms with Crippen molar-refractivity contribution in [2.24, 2.45) is 4.99 Å². The minimum Gasteiger partial charge on any atom is -0.480 e. The lowest BCUT2D eigenvalue weighted by Crippen LogP contribution is -2.37. The number of nitrogens with one attached hydrogen (secondary N) is 1. The highest BCUT2D eigenvalue weighted by molar-refractivity contribution is 6.02. The van der Waals surface area contributed by atoms with Gasteiger partial charge in [0.15, 0.2) is 6.10 Å². The molecular weight excluding hydrogens is 238 g/mol. The van der Waals surface area contributed by atoms with Gasteiger partial charge in [0, 0.05) is 11.8 Å². The monoisotopic (exact) mass is 259 g/mol. The molecule has 1 aromatic rings. The molecule has 102 valence electrons. The topological polar surface area (TPSA) is 59.6 Å². The van der Waals surface area contributed by atoms with Crippen molar-refractivity contribution in [1.82, 2.24) is 0 Å². The van der Waals surface area contributed by atoms with Crippen molar-refractivity contribution in [3.8, 4) is 5.75 Å². The van der Waals surface area contributed by atoms with Gasteiger partial charge in [0.25, 0.3) is 0 Å². The zero-order chi connectivity index (χ0) is 13.2. The molecule has 1 aromatic carbocycles. The fourth-order valence-corrected chi connectivity index (χ4v) is 2.79. The van der Waals surface area contributed by atoms with Crippen molar-refractivity contribution < 1.29 is 4.74 Å². The second kappa shape index (κ2) is 5.11. The summed E-state index contributed by atoms with van der Waals surface area (Å²) in [4.78, 5) is 4.86. The van der Waals surface area contributed by atoms with Crippen LogP contribution in [0.15, 0.2) is 23.2 Å². The summed E-state index contributed by atoms with van der Waals surface area (Å²) in [6.07, 6.45) is 5.94. The van der Waals surface area contributed by atoms with Gasteiger partial charge in [-0.15, -0.1) is 0 Å². The standard InChI is InChI=1S/C15H21N3O/c1-2-13-15(17-11-5-3-4-6-11)18-12-8-7-10(16)9-14(12)19-13/h7-9,11,13H,2-6,16H2,1H3,(H,17,18). The Bertz CT molecular complexity index is 492. The summed E-state index contributed by atoms with van der Waals surface area (Å²) in [5.41, 5.74) is 7.49. The van der Waals surface area contributed by atoms with E-state index in [1.807, 2.05) is 18.2 Å². The van der Waals surface area contributed by atoms with Gasteiger partial charge in [-0.3, -0.25) is 4.99 Å². The third-order valence-corrected chi connectivity index (χ3v) is 3.86. The predicted molar refractivity (Wildman–Crippen MR) is 78.9 cm³/mol. The summed E-state index contributed by atoms with van der Waals surface area (Å²) in [5, 5.41) is 3.42. The van der Waals surface area contributed by atoms with Crippen LogP contribution in [0.25, 0.3) is 0 Å². The van der Waals surface area contributed by atoms with Crippen molar-refractivity contribution in [1.29, 1.82) is 0 Å². The van der Waals surface area contributed by atoms with Crippen LogP contribution in [0.5, 0.6) is 5.75 Å². The van der Waals surface area contributed by atoms with E-state index in [0.29, 0.717) is 6.04 Å². The lowest BCUT2D eigenvalue weighted by molar-refractivity contribution is 0.258. The zero-order valence-electron chi connectivity index (χ0n) is 11.4. The van der Waals surface area contributed by atoms with E-state index in [-0.39, 0.29) is 6.10 Å². The molecule has 2 aliphatic rings. The molecule has 4 nitrogen and oxygen atoms in total. The van der Waals surface area contributed by atoms with Gasteiger partial charge >= 0.3 is 0 Å². The molecule has 1 heterocycles. The average Bonchev–Trinajstić information content (AvgIpc) is 2.91. The van der Waals surface area contributed by atoms with Gasteiger partial charge in [0.05, 0.1) is 11.7 Å². The van der Waals surface area contributed by atoms with Gasteiger partial charge in [-0.2, -0.15) is 0 Å². The molecule has 1 atom stereocenters. The molecule has 0 spiro atoms. The molecular formula is C15H21N3O. The van der Waals surface area contributed by atoms with E-state index in [4.69, 9.17) is 15.5 Å². The predicted octanol–water partition coefficient (Wildman–Crippen LogP) is 3.19. The highest BCUT2D eigenvalue weighted by Gasteiger charge is 2.26. The van der Waals surface area contributed by atoms with E-state index in [9.17, 15) is 0 Å². The van der Waals surface area contributed by atoms with Crippen LogP contribution >= 0.6 is 0 Å². The van der Waals surface area contributed by atoms with Gasteiger partial charge < -0.3 is 15.8 Å². The molecule has 4 heteroatoms. The number of nitrogen functional groups attached to an aromatic ring is 1. The Kier molecular flexibility index (Phi) is 3.32. The first-order valence-electron chi connectivity index (χ1n) is 7.17. The smallest absolute Gasteiger partial charge is 0.155 e. The summed E-state index contributed by atoms with van der Waals surface area (Å²) < 4.78 is 6.01. The van der Waals surface area contributed by atoms with Crippen molar-refractivity contribution >= 4 is 17.2 Å². The second-order valence-electron chi connectivity index (χ2n) is 5.35. The SMILES string of the molecule is CCC1Oc2cc(N)ccc2NC1=NC1CCCC1. The minimum absolute atomic E-state index is 0.0231. The van der Waals surface area contributed by atoms with Crippen molar-refractivity contribution in [2.75, 3.05) is 11.1 Å². The Hall–Kier alpha value is -1.71. The number of nitrogens with two attached hydrogens (primary N) is 1. The van der Waals surface area contributed by atoms with Crippen LogP contribution in [0.2, 0.25) is 0 Å². The van der Waals surface area contributed by atoms with E-state index < -0.39 is 0 Å². The van der Waals surface area contributed by atoms with Crippen LogP contribution in [-0.4, -0.2) is 18.0 Å². The van der Waals surface area contributed by atoms with Crippen LogP contribution in [0, 0.1) is 0 Å². The van der Waals surface area contributed by atoms with Crippen molar-refractivity contribution in [3.05, 3.63) is 18.2 Å². The van der Waals surface area contributed by atoms with Crippen LogP contribution in [0.1, 0.15) is 39.0 Å². The molecule has 19 heavy (non-hydrogen) atoms. The molecule has 3 N–H and O–H groups in total. The lowest BCUT2D eigenvalue weighted by atomic mass is 10.1. The molecule has 0 bridgehead atoms. The summed E-state index contributed by atoms with van der Waals surface area (Å²) in [6.45, 7) is 2.12. The van der Waals surface area contributed by atoms with E-state index in [1.165, 1.54) is 25.7 Å². The van der Waals surface area contributed by atoms with E-state index in [0.717, 1.165) is 29.4 Å². The Labute approximate surface area is 114 Å². The summed E-state index contributed by atoms with van der Waals surface area (Å²) in [6, 6.07) is 6.18. The number of aliphatic imine (C=N–C) groups is 1. The van der Waals surface area contributed by atoms with Gasteiger partial charge in [-0.05, 0) is 31.4 Å². The summed E-state index contributed by atoms with van der Waals surface area (Å²) in [7, 11) is 0. The van der Waals surface area contributed by atoms with E-state index >= 15 is 0 Å². The third-order valence-electron chi connectivity index (χ3n) is 3.86. The Morgan fingerprint density at radius 2 is 2.16 bits per heavy atom. The number of hydrogen-bond donors (Lipinski definition) is 2. The van der Waals surface area contributed by atoms with Crippen molar-refractivity contribution in [2.45, 2.75) is 51.2 Å². The van der Waals surface area contributed by atoms with Crippen LogP contribution in [0.4, 0.5) is 11.4 Å². The molecule has 1 unspecified atom stereocenters. The molecule has 0 amide bonds. The molecule has 1 fully saturated rings. The molecule has 1 aliphatic carbocycles. The first kappa shape index (κ1) is 12.3. The maximum Gasteiger partial charge on any atom is 0.155 e. The van der Waals surface area contributed by atoms with Crippen LogP contribution in [-0.2, 0) is 0 Å². The highest BCUT2D eigenvalue weighted by atomic mass is 16.5. The summed E-state index contributed by atoms with van der Waals surface area (Å²) >= 11 is 0. The fourth-order valence-electron chi connectivity index (χ4n) is 2.79. The Balaban J connectivity index is 1.87. The average molecular weight is 259 g/mol. The lowest BCUT2D eigenvalue weighted by Gasteiger charge is -2.29. The van der Waals surface area contributed by atoms with Crippen LogP contribution < -0.4 is 15.8 Å². The molecule has 0 aromatic heterocycles. The van der Waals surface area contributed by atoms with Crippen LogP contribution in [0.3, 0.4) is 0 Å². The molecule has 3 rings (SSSR count). The number of fused-ring (bicyclic) bond motifs is 1. The largest absolute Gasteiger partial charge is 0.480 e. The number of benzene rings is 1. The maximum atomic E-state index is 6.01. The van der Waals surface area contributed by atoms with E-state index in [2.05, 4.69) is 12.2 Å². The fraction of sp³-hybridized carbons (Fsp3) is 0.533. The highest BCUT2D eigenvalue weighted by Crippen LogP contribution is 2.33. The summed E-state index contributed by atoms with van der Waals surface area (Å²) in [5.74, 6) is 1.81. The molecule has 1 aliphatic heterocycles. The Morgan fingerprint density at radius 3 is 2.89 bits per heavy atom. The Morgan fingerprint density at radius 1 is 1.37 bits per heavy atom. The normalized spacial score (nSPS) is 24.9. The van der Waals surface area contributed by atoms with Gasteiger partial charge in [-0.1, -0.05) is 19.8 Å². The first-order valence-corrected chi connectivity index (χ1v) is 7.17. The zero-order valence-corrected chi connectivity index (χ0v) is 11.4. The number of ether oxygens (including phenoxy) is 1. The number of nitrogens with zero attached hydrogens (tertiary/aromatic N) is 1. The second-order valence-corrected chi connectivity index (χ2v) is 5.35. The molecule has 0 saturated heterocycles. The molecule has 0 radical (unpaired) electrons. The van der Waals surface area contributed by atoms with E-state index in [1.54, 1.807) is 0 Å². The number of hydrogen-bond acceptors (Lipinski definition) is 3. The quantitative estimate of drug-likeness (QED) is 0.802. The number of anilines is 2. The maximum absolute atomic E-state index is 6.01. The third kappa shape index (κ3) is 2.53. The van der Waals surface area contributed by atoms with Gasteiger partial charge in [0.2, 0.25) is 0 Å².